The predicted molar refractivity (Wildman–Crippen MR) is 67.3 cm³/mol. The second kappa shape index (κ2) is 5.83. The summed E-state index contributed by atoms with van der Waals surface area (Å²) in [6.07, 6.45) is 1.49. The van der Waals surface area contributed by atoms with Gasteiger partial charge in [-0.1, -0.05) is 15.9 Å². The lowest BCUT2D eigenvalue weighted by Gasteiger charge is -2.07. The minimum atomic E-state index is -0.927. The van der Waals surface area contributed by atoms with Gasteiger partial charge in [-0.25, -0.2) is 8.78 Å². The quantitative estimate of drug-likeness (QED) is 0.942. The molecule has 0 bridgehead atoms. The van der Waals surface area contributed by atoms with Crippen LogP contribution in [0.25, 0.3) is 0 Å². The number of hydrogen-bond acceptors (Lipinski definition) is 3. The summed E-state index contributed by atoms with van der Waals surface area (Å²) in [5, 5.41) is 9.75. The lowest BCUT2D eigenvalue weighted by molar-refractivity contribution is 0.0942. The highest BCUT2D eigenvalue weighted by Gasteiger charge is 2.18. The van der Waals surface area contributed by atoms with Crippen molar-refractivity contribution >= 4 is 21.8 Å². The Bertz CT molecular complexity index is 584. The Hall–Kier alpha value is -1.89. The monoisotopic (exact) mass is 327 g/mol. The molecular weight excluding hydrogens is 320 g/mol. The molecule has 0 aliphatic carbocycles. The van der Waals surface area contributed by atoms with Crippen LogP contribution in [0.1, 0.15) is 16.1 Å². The van der Waals surface area contributed by atoms with Gasteiger partial charge in [0.15, 0.2) is 0 Å². The molecule has 0 saturated carbocycles. The van der Waals surface area contributed by atoms with Crippen molar-refractivity contribution in [2.45, 2.75) is 6.54 Å². The second-order valence-corrected chi connectivity index (χ2v) is 4.56. The molecule has 1 aromatic heterocycles. The van der Waals surface area contributed by atoms with Crippen LogP contribution in [0.5, 0.6) is 0 Å². The molecule has 1 aromatic carbocycles. The third-order valence-electron chi connectivity index (χ3n) is 2.29. The summed E-state index contributed by atoms with van der Waals surface area (Å²) in [6, 6.07) is 5.34. The minimum Gasteiger partial charge on any atom is -0.346 e. The van der Waals surface area contributed by atoms with Gasteiger partial charge in [-0.3, -0.25) is 4.79 Å². The normalized spacial score (nSPS) is 10.3. The number of carbonyl (C=O) groups is 1. The van der Waals surface area contributed by atoms with E-state index in [0.29, 0.717) is 5.69 Å². The summed E-state index contributed by atoms with van der Waals surface area (Å²) in [5.41, 5.74) is -0.124. The van der Waals surface area contributed by atoms with Gasteiger partial charge >= 0.3 is 0 Å². The van der Waals surface area contributed by atoms with E-state index in [1.54, 1.807) is 12.1 Å². The standard InChI is InChI=1S/C12H8BrF2N3O/c13-7-4-9(14)11(10(15)5-7)12(19)16-6-8-2-1-3-17-18-8/h1-5H,6H2,(H,16,19). The molecule has 0 radical (unpaired) electrons. The molecule has 1 amide bonds. The number of nitrogens with zero attached hydrogens (tertiary/aromatic N) is 2. The molecule has 2 aromatic rings. The lowest BCUT2D eigenvalue weighted by atomic mass is 10.2. The third kappa shape index (κ3) is 3.31. The van der Waals surface area contributed by atoms with Gasteiger partial charge in [0.05, 0.1) is 12.2 Å². The van der Waals surface area contributed by atoms with Crippen LogP contribution in [0.15, 0.2) is 34.9 Å². The first-order chi connectivity index (χ1) is 9.08. The van der Waals surface area contributed by atoms with Crippen LogP contribution in [0.2, 0.25) is 0 Å². The fourth-order valence-electron chi connectivity index (χ4n) is 1.45. The van der Waals surface area contributed by atoms with Crippen LogP contribution < -0.4 is 5.32 Å². The lowest BCUT2D eigenvalue weighted by Crippen LogP contribution is -2.25. The van der Waals surface area contributed by atoms with E-state index < -0.39 is 23.1 Å². The SMILES string of the molecule is O=C(NCc1cccnn1)c1c(F)cc(Br)cc1F. The Morgan fingerprint density at radius 2 is 2.00 bits per heavy atom. The maximum atomic E-state index is 13.5. The average Bonchev–Trinajstić information content (AvgIpc) is 2.36. The summed E-state index contributed by atoms with van der Waals surface area (Å²) in [6.45, 7) is 0.0433. The van der Waals surface area contributed by atoms with Gasteiger partial charge in [-0.2, -0.15) is 10.2 Å². The van der Waals surface area contributed by atoms with E-state index in [9.17, 15) is 13.6 Å². The number of rotatable bonds is 3. The van der Waals surface area contributed by atoms with E-state index in [0.717, 1.165) is 12.1 Å². The summed E-state index contributed by atoms with van der Waals surface area (Å²) in [7, 11) is 0. The van der Waals surface area contributed by atoms with Gasteiger partial charge in [0.2, 0.25) is 0 Å². The van der Waals surface area contributed by atoms with Crippen LogP contribution in [0, 0.1) is 11.6 Å². The number of carbonyl (C=O) groups excluding carboxylic acids is 1. The summed E-state index contributed by atoms with van der Waals surface area (Å²) in [5.74, 6) is -2.69. The van der Waals surface area contributed by atoms with Gasteiger partial charge in [0, 0.05) is 10.7 Å². The zero-order valence-corrected chi connectivity index (χ0v) is 11.1. The topological polar surface area (TPSA) is 54.9 Å². The van der Waals surface area contributed by atoms with E-state index in [1.807, 2.05) is 0 Å². The smallest absolute Gasteiger partial charge is 0.257 e. The highest BCUT2D eigenvalue weighted by Crippen LogP contribution is 2.19. The molecular formula is C12H8BrF2N3O. The minimum absolute atomic E-state index is 0.0433. The Morgan fingerprint density at radius 1 is 1.32 bits per heavy atom. The summed E-state index contributed by atoms with van der Waals surface area (Å²) >= 11 is 2.94. The first-order valence-electron chi connectivity index (χ1n) is 5.27. The molecule has 0 saturated heterocycles. The van der Waals surface area contributed by atoms with Gasteiger partial charge < -0.3 is 5.32 Å². The van der Waals surface area contributed by atoms with Crippen LogP contribution in [-0.2, 0) is 6.54 Å². The highest BCUT2D eigenvalue weighted by molar-refractivity contribution is 9.10. The van der Waals surface area contributed by atoms with Crippen molar-refractivity contribution in [3.8, 4) is 0 Å². The largest absolute Gasteiger partial charge is 0.346 e. The van der Waals surface area contributed by atoms with Crippen molar-refractivity contribution in [3.63, 3.8) is 0 Å². The summed E-state index contributed by atoms with van der Waals surface area (Å²) in [4.78, 5) is 11.7. The van der Waals surface area contributed by atoms with Gasteiger partial charge in [0.25, 0.3) is 5.91 Å². The van der Waals surface area contributed by atoms with Crippen LogP contribution in [0.4, 0.5) is 8.78 Å². The maximum absolute atomic E-state index is 13.5. The van der Waals surface area contributed by atoms with Crippen molar-refractivity contribution in [2.24, 2.45) is 0 Å². The second-order valence-electron chi connectivity index (χ2n) is 3.64. The maximum Gasteiger partial charge on any atom is 0.257 e. The van der Waals surface area contributed by atoms with Crippen LogP contribution in [0.3, 0.4) is 0 Å². The van der Waals surface area contributed by atoms with Gasteiger partial charge in [0.1, 0.15) is 17.2 Å². The van der Waals surface area contributed by atoms with Crippen LogP contribution in [-0.4, -0.2) is 16.1 Å². The number of nitrogens with one attached hydrogen (secondary N) is 1. The Kier molecular flexibility index (Phi) is 4.16. The number of halogens is 3. The Labute approximate surface area is 116 Å². The molecule has 0 fully saturated rings. The van der Waals surface area contributed by atoms with E-state index in [2.05, 4.69) is 31.4 Å². The molecule has 0 unspecified atom stereocenters. The van der Waals surface area contributed by atoms with Crippen molar-refractivity contribution in [1.29, 1.82) is 0 Å². The Balaban J connectivity index is 2.13. The first-order valence-corrected chi connectivity index (χ1v) is 6.06. The molecule has 7 heteroatoms. The highest BCUT2D eigenvalue weighted by atomic mass is 79.9. The predicted octanol–water partition coefficient (Wildman–Crippen LogP) is 2.45. The number of aromatic nitrogens is 2. The zero-order valence-electron chi connectivity index (χ0n) is 9.53. The Morgan fingerprint density at radius 3 is 2.58 bits per heavy atom. The molecule has 1 heterocycles. The van der Waals surface area contributed by atoms with Crippen molar-refractivity contribution in [1.82, 2.24) is 15.5 Å². The van der Waals surface area contributed by atoms with Gasteiger partial charge in [-0.05, 0) is 24.3 Å². The molecule has 1 N–H and O–H groups in total. The fraction of sp³-hybridized carbons (Fsp3) is 0.0833. The molecule has 2 rings (SSSR count). The number of benzene rings is 1. The molecule has 98 valence electrons. The average molecular weight is 328 g/mol. The molecule has 0 aliphatic rings. The van der Waals surface area contributed by atoms with Crippen molar-refractivity contribution in [2.75, 3.05) is 0 Å². The zero-order chi connectivity index (χ0) is 13.8. The summed E-state index contributed by atoms with van der Waals surface area (Å²) < 4.78 is 27.3. The molecule has 4 nitrogen and oxygen atoms in total. The van der Waals surface area contributed by atoms with Crippen molar-refractivity contribution in [3.05, 3.63) is 57.8 Å². The first kappa shape index (κ1) is 13.5. The number of hydrogen-bond donors (Lipinski definition) is 1. The van der Waals surface area contributed by atoms with Gasteiger partial charge in [-0.15, -0.1) is 0 Å². The van der Waals surface area contributed by atoms with Crippen molar-refractivity contribution < 1.29 is 13.6 Å². The molecule has 0 aliphatic heterocycles. The molecule has 19 heavy (non-hydrogen) atoms. The fourth-order valence-corrected chi connectivity index (χ4v) is 1.85. The van der Waals surface area contributed by atoms with E-state index >= 15 is 0 Å². The third-order valence-corrected chi connectivity index (χ3v) is 2.75. The molecule has 0 atom stereocenters. The molecule has 0 spiro atoms. The number of amides is 1. The van der Waals surface area contributed by atoms with Crippen LogP contribution >= 0.6 is 15.9 Å². The van der Waals surface area contributed by atoms with E-state index in [1.165, 1.54) is 6.20 Å². The van der Waals surface area contributed by atoms with E-state index in [4.69, 9.17) is 0 Å². The van der Waals surface area contributed by atoms with E-state index in [-0.39, 0.29) is 11.0 Å².